The van der Waals surface area contributed by atoms with Gasteiger partial charge in [0.25, 0.3) is 0 Å². The van der Waals surface area contributed by atoms with E-state index in [4.69, 9.17) is 11.6 Å². The SMILES string of the molecule is CC(C)c1ccc(-c2nnn(CC(=O)Nc3ccc(F)c(Cl)c3)n2)cc1. The van der Waals surface area contributed by atoms with Gasteiger partial charge in [0.1, 0.15) is 12.4 Å². The van der Waals surface area contributed by atoms with Crippen LogP contribution in [-0.2, 0) is 11.3 Å². The summed E-state index contributed by atoms with van der Waals surface area (Å²) in [5.74, 6) is -0.0307. The number of hydrogen-bond donors (Lipinski definition) is 1. The van der Waals surface area contributed by atoms with Crippen LogP contribution in [0.15, 0.2) is 42.5 Å². The van der Waals surface area contributed by atoms with Crippen molar-refractivity contribution in [3.8, 4) is 11.4 Å². The number of anilines is 1. The number of nitrogens with zero attached hydrogens (tertiary/aromatic N) is 4. The fraction of sp³-hybridized carbons (Fsp3) is 0.222. The van der Waals surface area contributed by atoms with E-state index in [2.05, 4.69) is 34.6 Å². The fourth-order valence-corrected chi connectivity index (χ4v) is 2.53. The molecule has 0 aliphatic rings. The third-order valence-corrected chi connectivity index (χ3v) is 4.07. The van der Waals surface area contributed by atoms with Crippen molar-refractivity contribution < 1.29 is 9.18 Å². The number of amides is 1. The monoisotopic (exact) mass is 373 g/mol. The minimum Gasteiger partial charge on any atom is -0.324 e. The van der Waals surface area contributed by atoms with Gasteiger partial charge in [0.05, 0.1) is 5.02 Å². The molecule has 0 saturated carbocycles. The number of hydrogen-bond acceptors (Lipinski definition) is 4. The van der Waals surface area contributed by atoms with Gasteiger partial charge < -0.3 is 5.32 Å². The van der Waals surface area contributed by atoms with Crippen LogP contribution in [0.1, 0.15) is 25.3 Å². The summed E-state index contributed by atoms with van der Waals surface area (Å²) in [5, 5.41) is 14.6. The lowest BCUT2D eigenvalue weighted by Crippen LogP contribution is -2.20. The van der Waals surface area contributed by atoms with Crippen LogP contribution in [-0.4, -0.2) is 26.1 Å². The molecule has 3 aromatic rings. The first-order valence-electron chi connectivity index (χ1n) is 8.05. The van der Waals surface area contributed by atoms with E-state index >= 15 is 0 Å². The largest absolute Gasteiger partial charge is 0.324 e. The molecule has 1 N–H and O–H groups in total. The molecule has 0 fully saturated rings. The highest BCUT2D eigenvalue weighted by Gasteiger charge is 2.11. The Morgan fingerprint density at radius 1 is 1.23 bits per heavy atom. The lowest BCUT2D eigenvalue weighted by molar-refractivity contribution is -0.117. The summed E-state index contributed by atoms with van der Waals surface area (Å²) >= 11 is 5.69. The Labute approximate surface area is 155 Å². The van der Waals surface area contributed by atoms with Gasteiger partial charge in [-0.05, 0) is 34.9 Å². The minimum absolute atomic E-state index is 0.0613. The number of carbonyl (C=O) groups excluding carboxylic acids is 1. The molecule has 1 amide bonds. The molecule has 3 rings (SSSR count). The third-order valence-electron chi connectivity index (χ3n) is 3.78. The Morgan fingerprint density at radius 2 is 1.96 bits per heavy atom. The summed E-state index contributed by atoms with van der Waals surface area (Å²) < 4.78 is 13.1. The zero-order valence-electron chi connectivity index (χ0n) is 14.3. The van der Waals surface area contributed by atoms with Crippen molar-refractivity contribution in [2.24, 2.45) is 0 Å². The first-order valence-corrected chi connectivity index (χ1v) is 8.43. The third kappa shape index (κ3) is 4.23. The Hall–Kier alpha value is -2.80. The lowest BCUT2D eigenvalue weighted by atomic mass is 10.0. The molecule has 2 aromatic carbocycles. The maximum atomic E-state index is 13.1. The first-order chi connectivity index (χ1) is 12.4. The average Bonchev–Trinajstić information content (AvgIpc) is 3.06. The molecule has 0 saturated heterocycles. The highest BCUT2D eigenvalue weighted by molar-refractivity contribution is 6.31. The second-order valence-electron chi connectivity index (χ2n) is 6.10. The van der Waals surface area contributed by atoms with Gasteiger partial charge in [-0.3, -0.25) is 4.79 Å². The number of halogens is 2. The van der Waals surface area contributed by atoms with Crippen LogP contribution in [0.5, 0.6) is 0 Å². The van der Waals surface area contributed by atoms with Crippen LogP contribution in [0.25, 0.3) is 11.4 Å². The second-order valence-corrected chi connectivity index (χ2v) is 6.50. The van der Waals surface area contributed by atoms with E-state index in [9.17, 15) is 9.18 Å². The molecule has 0 unspecified atom stereocenters. The molecule has 1 aromatic heterocycles. The van der Waals surface area contributed by atoms with Crippen molar-refractivity contribution in [2.75, 3.05) is 5.32 Å². The topological polar surface area (TPSA) is 72.7 Å². The number of aromatic nitrogens is 4. The average molecular weight is 374 g/mol. The number of tetrazole rings is 1. The summed E-state index contributed by atoms with van der Waals surface area (Å²) in [6.45, 7) is 4.12. The molecule has 0 radical (unpaired) electrons. The van der Waals surface area contributed by atoms with Crippen LogP contribution >= 0.6 is 11.6 Å². The standard InChI is InChI=1S/C18H17ClFN5O/c1-11(2)12-3-5-13(6-4-12)18-22-24-25(23-18)10-17(26)21-14-7-8-16(20)15(19)9-14/h3-9,11H,10H2,1-2H3,(H,21,26). The van der Waals surface area contributed by atoms with Gasteiger partial charge in [0.15, 0.2) is 0 Å². The Bertz CT molecular complexity index is 924. The molecule has 6 nitrogen and oxygen atoms in total. The maximum Gasteiger partial charge on any atom is 0.248 e. The van der Waals surface area contributed by atoms with Gasteiger partial charge in [0, 0.05) is 11.3 Å². The molecule has 0 spiro atoms. The summed E-state index contributed by atoms with van der Waals surface area (Å²) in [7, 11) is 0. The normalized spacial score (nSPS) is 11.0. The van der Waals surface area contributed by atoms with Crippen LogP contribution in [0.3, 0.4) is 0 Å². The van der Waals surface area contributed by atoms with E-state index < -0.39 is 5.82 Å². The molecule has 0 atom stereocenters. The van der Waals surface area contributed by atoms with Crippen molar-refractivity contribution in [2.45, 2.75) is 26.3 Å². The van der Waals surface area contributed by atoms with E-state index in [-0.39, 0.29) is 17.5 Å². The molecule has 0 aliphatic carbocycles. The molecule has 8 heteroatoms. The van der Waals surface area contributed by atoms with Gasteiger partial charge in [-0.1, -0.05) is 49.7 Å². The molecule has 0 bridgehead atoms. The molecule has 26 heavy (non-hydrogen) atoms. The summed E-state index contributed by atoms with van der Waals surface area (Å²) in [6, 6.07) is 11.8. The van der Waals surface area contributed by atoms with Crippen LogP contribution in [0, 0.1) is 5.82 Å². The Kier molecular flexibility index (Phi) is 5.27. The Morgan fingerprint density at radius 3 is 2.62 bits per heavy atom. The van der Waals surface area contributed by atoms with Gasteiger partial charge >= 0.3 is 0 Å². The number of nitrogens with one attached hydrogen (secondary N) is 1. The number of carbonyl (C=O) groups is 1. The Balaban J connectivity index is 1.65. The first kappa shape index (κ1) is 18.0. The molecular weight excluding hydrogens is 357 g/mol. The zero-order valence-corrected chi connectivity index (χ0v) is 15.0. The van der Waals surface area contributed by atoms with Crippen LogP contribution in [0.2, 0.25) is 5.02 Å². The van der Waals surface area contributed by atoms with E-state index in [0.29, 0.717) is 17.4 Å². The van der Waals surface area contributed by atoms with E-state index in [1.165, 1.54) is 28.6 Å². The molecule has 134 valence electrons. The maximum absolute atomic E-state index is 13.1. The highest BCUT2D eigenvalue weighted by Crippen LogP contribution is 2.20. The summed E-state index contributed by atoms with van der Waals surface area (Å²) in [4.78, 5) is 13.3. The predicted octanol–water partition coefficient (Wildman–Crippen LogP) is 3.89. The van der Waals surface area contributed by atoms with E-state index in [1.54, 1.807) is 0 Å². The molecule has 0 aliphatic heterocycles. The number of benzene rings is 2. The minimum atomic E-state index is -0.546. The van der Waals surface area contributed by atoms with E-state index in [1.807, 2.05) is 24.3 Å². The van der Waals surface area contributed by atoms with Crippen molar-refractivity contribution in [3.63, 3.8) is 0 Å². The lowest BCUT2D eigenvalue weighted by Gasteiger charge is -2.05. The molecule has 1 heterocycles. The van der Waals surface area contributed by atoms with E-state index in [0.717, 1.165) is 5.56 Å². The quantitative estimate of drug-likeness (QED) is 0.736. The van der Waals surface area contributed by atoms with Crippen LogP contribution < -0.4 is 5.32 Å². The molecular formula is C18H17ClFN5O. The number of rotatable bonds is 5. The van der Waals surface area contributed by atoms with Gasteiger partial charge in [-0.15, -0.1) is 10.2 Å². The van der Waals surface area contributed by atoms with Crippen molar-refractivity contribution >= 4 is 23.2 Å². The second kappa shape index (κ2) is 7.61. The van der Waals surface area contributed by atoms with Crippen molar-refractivity contribution in [1.29, 1.82) is 0 Å². The summed E-state index contributed by atoms with van der Waals surface area (Å²) in [6.07, 6.45) is 0. The zero-order chi connectivity index (χ0) is 18.7. The van der Waals surface area contributed by atoms with Crippen molar-refractivity contribution in [1.82, 2.24) is 20.2 Å². The summed E-state index contributed by atoms with van der Waals surface area (Å²) in [5.41, 5.74) is 2.44. The van der Waals surface area contributed by atoms with Gasteiger partial charge in [0.2, 0.25) is 11.7 Å². The highest BCUT2D eigenvalue weighted by atomic mass is 35.5. The van der Waals surface area contributed by atoms with Crippen LogP contribution in [0.4, 0.5) is 10.1 Å². The smallest absolute Gasteiger partial charge is 0.248 e. The fourth-order valence-electron chi connectivity index (χ4n) is 2.35. The van der Waals surface area contributed by atoms with Crippen molar-refractivity contribution in [3.05, 3.63) is 58.9 Å². The van der Waals surface area contributed by atoms with Gasteiger partial charge in [-0.25, -0.2) is 4.39 Å². The predicted molar refractivity (Wildman–Crippen MR) is 97.4 cm³/mol. The van der Waals surface area contributed by atoms with Gasteiger partial charge in [-0.2, -0.15) is 4.80 Å².